The van der Waals surface area contributed by atoms with E-state index in [1.807, 2.05) is 25.6 Å². The average Bonchev–Trinajstić information content (AvgIpc) is 2.53. The first-order valence-electron chi connectivity index (χ1n) is 5.17. The number of nitrogens with zero attached hydrogens (tertiary/aromatic N) is 4. The third kappa shape index (κ3) is 2.03. The second-order valence-electron chi connectivity index (χ2n) is 3.72. The summed E-state index contributed by atoms with van der Waals surface area (Å²) in [6.45, 7) is 4.70. The Balaban J connectivity index is 2.11. The van der Waals surface area contributed by atoms with Crippen LogP contribution in [0.3, 0.4) is 0 Å². The molecule has 84 valence electrons. The van der Waals surface area contributed by atoms with E-state index in [0.717, 1.165) is 22.8 Å². The van der Waals surface area contributed by atoms with Crippen LogP contribution in [-0.2, 0) is 13.6 Å². The summed E-state index contributed by atoms with van der Waals surface area (Å²) in [7, 11) is 1.94. The molecule has 0 saturated carbocycles. The molecule has 16 heavy (non-hydrogen) atoms. The van der Waals surface area contributed by atoms with Crippen molar-refractivity contribution in [3.8, 4) is 0 Å². The van der Waals surface area contributed by atoms with Crippen LogP contribution in [0.15, 0.2) is 18.6 Å². The van der Waals surface area contributed by atoms with Gasteiger partial charge in [-0.25, -0.2) is 0 Å². The quantitative estimate of drug-likeness (QED) is 0.845. The number of hydrogen-bond donors (Lipinski definition) is 1. The molecule has 5 nitrogen and oxygen atoms in total. The molecule has 2 rings (SSSR count). The van der Waals surface area contributed by atoms with Crippen molar-refractivity contribution in [1.29, 1.82) is 0 Å². The molecular weight excluding hydrogens is 202 g/mol. The topological polar surface area (TPSA) is 55.6 Å². The molecule has 0 saturated heterocycles. The predicted molar refractivity (Wildman–Crippen MR) is 62.0 cm³/mol. The Bertz CT molecular complexity index is 475. The Labute approximate surface area is 94.5 Å². The Kier molecular flexibility index (Phi) is 2.85. The van der Waals surface area contributed by atoms with Gasteiger partial charge in [0.05, 0.1) is 35.5 Å². The number of aryl methyl sites for hydroxylation is 2. The van der Waals surface area contributed by atoms with Crippen LogP contribution in [0, 0.1) is 13.8 Å². The van der Waals surface area contributed by atoms with Crippen molar-refractivity contribution in [2.75, 3.05) is 5.32 Å². The van der Waals surface area contributed by atoms with Crippen LogP contribution in [0.1, 0.15) is 17.1 Å². The van der Waals surface area contributed by atoms with Gasteiger partial charge in [-0.3, -0.25) is 14.6 Å². The van der Waals surface area contributed by atoms with Gasteiger partial charge < -0.3 is 5.32 Å². The fourth-order valence-corrected chi connectivity index (χ4v) is 1.63. The van der Waals surface area contributed by atoms with Crippen LogP contribution >= 0.6 is 0 Å². The number of hydrogen-bond acceptors (Lipinski definition) is 4. The van der Waals surface area contributed by atoms with Gasteiger partial charge in [0.1, 0.15) is 0 Å². The fourth-order valence-electron chi connectivity index (χ4n) is 1.63. The number of anilines is 1. The molecule has 0 atom stereocenters. The molecule has 0 aliphatic rings. The zero-order valence-corrected chi connectivity index (χ0v) is 9.73. The van der Waals surface area contributed by atoms with E-state index in [2.05, 4.69) is 20.4 Å². The standard InChI is InChI=1S/C11H15N5/c1-8-11(9(2)16(3)15-8)14-7-10-6-12-4-5-13-10/h4-6,14H,7H2,1-3H3. The van der Waals surface area contributed by atoms with Gasteiger partial charge in [-0.05, 0) is 13.8 Å². The smallest absolute Gasteiger partial charge is 0.0827 e. The largest absolute Gasteiger partial charge is 0.376 e. The first-order chi connectivity index (χ1) is 7.68. The molecule has 0 radical (unpaired) electrons. The van der Waals surface area contributed by atoms with Crippen molar-refractivity contribution in [3.63, 3.8) is 0 Å². The number of nitrogens with one attached hydrogen (secondary N) is 1. The Morgan fingerprint density at radius 3 is 2.69 bits per heavy atom. The lowest BCUT2D eigenvalue weighted by atomic mass is 10.3. The summed E-state index contributed by atoms with van der Waals surface area (Å²) in [6.07, 6.45) is 5.12. The normalized spacial score (nSPS) is 10.4. The molecule has 1 N–H and O–H groups in total. The van der Waals surface area contributed by atoms with Crippen molar-refractivity contribution in [2.45, 2.75) is 20.4 Å². The van der Waals surface area contributed by atoms with Crippen LogP contribution in [0.5, 0.6) is 0 Å². The summed E-state index contributed by atoms with van der Waals surface area (Å²) >= 11 is 0. The predicted octanol–water partition coefficient (Wildman–Crippen LogP) is 1.44. The third-order valence-electron chi connectivity index (χ3n) is 2.57. The number of rotatable bonds is 3. The highest BCUT2D eigenvalue weighted by Crippen LogP contribution is 2.18. The molecular formula is C11H15N5. The summed E-state index contributed by atoms with van der Waals surface area (Å²) in [4.78, 5) is 8.23. The van der Waals surface area contributed by atoms with E-state index < -0.39 is 0 Å². The van der Waals surface area contributed by atoms with Gasteiger partial charge in [0.15, 0.2) is 0 Å². The van der Waals surface area contributed by atoms with Crippen LogP contribution in [0.25, 0.3) is 0 Å². The van der Waals surface area contributed by atoms with E-state index in [0.29, 0.717) is 6.54 Å². The van der Waals surface area contributed by atoms with Crippen LogP contribution in [0.4, 0.5) is 5.69 Å². The van der Waals surface area contributed by atoms with Crippen molar-refractivity contribution >= 4 is 5.69 Å². The Morgan fingerprint density at radius 1 is 1.31 bits per heavy atom. The molecule has 0 aliphatic heterocycles. The van der Waals surface area contributed by atoms with Gasteiger partial charge >= 0.3 is 0 Å². The summed E-state index contributed by atoms with van der Waals surface area (Å²) in [6, 6.07) is 0. The summed E-state index contributed by atoms with van der Waals surface area (Å²) in [5.41, 5.74) is 4.13. The van der Waals surface area contributed by atoms with E-state index in [-0.39, 0.29) is 0 Å². The van der Waals surface area contributed by atoms with Crippen molar-refractivity contribution in [3.05, 3.63) is 35.7 Å². The molecule has 2 heterocycles. The lowest BCUT2D eigenvalue weighted by molar-refractivity contribution is 0.731. The van der Waals surface area contributed by atoms with Crippen LogP contribution in [0.2, 0.25) is 0 Å². The lowest BCUT2D eigenvalue weighted by Crippen LogP contribution is -2.03. The van der Waals surface area contributed by atoms with E-state index in [1.54, 1.807) is 18.6 Å². The van der Waals surface area contributed by atoms with Crippen molar-refractivity contribution in [1.82, 2.24) is 19.7 Å². The van der Waals surface area contributed by atoms with E-state index >= 15 is 0 Å². The Morgan fingerprint density at radius 2 is 2.12 bits per heavy atom. The monoisotopic (exact) mass is 217 g/mol. The minimum absolute atomic E-state index is 0.668. The molecule has 2 aromatic rings. The average molecular weight is 217 g/mol. The molecule has 0 bridgehead atoms. The maximum Gasteiger partial charge on any atom is 0.0827 e. The highest BCUT2D eigenvalue weighted by Gasteiger charge is 2.08. The van der Waals surface area contributed by atoms with Gasteiger partial charge in [0.2, 0.25) is 0 Å². The second kappa shape index (κ2) is 4.30. The zero-order valence-electron chi connectivity index (χ0n) is 9.73. The van der Waals surface area contributed by atoms with E-state index in [1.165, 1.54) is 0 Å². The molecule has 5 heteroatoms. The number of aromatic nitrogens is 4. The third-order valence-corrected chi connectivity index (χ3v) is 2.57. The molecule has 0 aliphatic carbocycles. The highest BCUT2D eigenvalue weighted by molar-refractivity contribution is 5.51. The molecule has 0 fully saturated rings. The molecule has 2 aromatic heterocycles. The van der Waals surface area contributed by atoms with Crippen molar-refractivity contribution in [2.24, 2.45) is 7.05 Å². The fraction of sp³-hybridized carbons (Fsp3) is 0.364. The second-order valence-corrected chi connectivity index (χ2v) is 3.72. The van der Waals surface area contributed by atoms with Crippen molar-refractivity contribution < 1.29 is 0 Å². The molecule has 0 spiro atoms. The molecule has 0 unspecified atom stereocenters. The summed E-state index contributed by atoms with van der Waals surface area (Å²) in [5, 5.41) is 7.67. The van der Waals surface area contributed by atoms with Gasteiger partial charge in [0.25, 0.3) is 0 Å². The van der Waals surface area contributed by atoms with Gasteiger partial charge in [-0.1, -0.05) is 0 Å². The van der Waals surface area contributed by atoms with Crippen LogP contribution in [-0.4, -0.2) is 19.7 Å². The molecule has 0 aromatic carbocycles. The van der Waals surface area contributed by atoms with E-state index in [9.17, 15) is 0 Å². The maximum absolute atomic E-state index is 4.34. The Hall–Kier alpha value is -1.91. The van der Waals surface area contributed by atoms with Gasteiger partial charge in [0, 0.05) is 19.4 Å². The van der Waals surface area contributed by atoms with Gasteiger partial charge in [-0.2, -0.15) is 5.10 Å². The first kappa shape index (κ1) is 10.6. The van der Waals surface area contributed by atoms with Crippen LogP contribution < -0.4 is 5.32 Å². The minimum atomic E-state index is 0.668. The first-order valence-corrected chi connectivity index (χ1v) is 5.17. The zero-order chi connectivity index (χ0) is 11.5. The minimum Gasteiger partial charge on any atom is -0.376 e. The maximum atomic E-state index is 4.34. The van der Waals surface area contributed by atoms with Gasteiger partial charge in [-0.15, -0.1) is 0 Å². The highest BCUT2D eigenvalue weighted by atomic mass is 15.3. The summed E-state index contributed by atoms with van der Waals surface area (Å²) in [5.74, 6) is 0. The summed E-state index contributed by atoms with van der Waals surface area (Å²) < 4.78 is 1.87. The SMILES string of the molecule is Cc1nn(C)c(C)c1NCc1cnccn1. The molecule has 0 amide bonds. The lowest BCUT2D eigenvalue weighted by Gasteiger charge is -2.05. The van der Waals surface area contributed by atoms with E-state index in [4.69, 9.17) is 0 Å².